The van der Waals surface area contributed by atoms with Crippen molar-refractivity contribution < 1.29 is 18.0 Å². The Balaban J connectivity index is 2.08. The monoisotopic (exact) mass is 292 g/mol. The zero-order valence-corrected chi connectivity index (χ0v) is 12.0. The van der Waals surface area contributed by atoms with E-state index in [1.165, 1.54) is 4.90 Å². The molecule has 1 amide bonds. The Bertz CT molecular complexity index is 351. The molecule has 0 spiro atoms. The highest BCUT2D eigenvalue weighted by Crippen LogP contribution is 2.34. The molecule has 1 heterocycles. The van der Waals surface area contributed by atoms with Gasteiger partial charge in [0.1, 0.15) is 0 Å². The lowest BCUT2D eigenvalue weighted by Crippen LogP contribution is -2.44. The molecular weight excluding hydrogens is 269 g/mol. The topological polar surface area (TPSA) is 32.3 Å². The van der Waals surface area contributed by atoms with E-state index >= 15 is 0 Å². The molecule has 1 aliphatic heterocycles. The van der Waals surface area contributed by atoms with Crippen LogP contribution < -0.4 is 5.32 Å². The lowest BCUT2D eigenvalue weighted by atomic mass is 10.0. The summed E-state index contributed by atoms with van der Waals surface area (Å²) in [7, 11) is 0. The number of nitrogens with one attached hydrogen (secondary N) is 1. The van der Waals surface area contributed by atoms with Crippen LogP contribution in [-0.4, -0.2) is 35.7 Å². The number of carbonyl (C=O) groups is 1. The van der Waals surface area contributed by atoms with Gasteiger partial charge in [0, 0.05) is 6.54 Å². The zero-order valence-electron chi connectivity index (χ0n) is 12.0. The van der Waals surface area contributed by atoms with Crippen LogP contribution in [0.4, 0.5) is 13.2 Å². The van der Waals surface area contributed by atoms with Crippen LogP contribution in [0.5, 0.6) is 0 Å². The SMILES string of the molecule is CC(C)C1NC(C2CCCC2)N(CCC(F)(F)F)C1=O. The van der Waals surface area contributed by atoms with Crippen LogP contribution in [0, 0.1) is 11.8 Å². The van der Waals surface area contributed by atoms with Gasteiger partial charge in [-0.3, -0.25) is 10.1 Å². The van der Waals surface area contributed by atoms with Gasteiger partial charge in [0.05, 0.1) is 18.6 Å². The van der Waals surface area contributed by atoms with Gasteiger partial charge in [0.25, 0.3) is 0 Å². The van der Waals surface area contributed by atoms with Gasteiger partial charge in [-0.15, -0.1) is 0 Å². The molecule has 1 aliphatic carbocycles. The van der Waals surface area contributed by atoms with Gasteiger partial charge < -0.3 is 4.90 Å². The van der Waals surface area contributed by atoms with Crippen LogP contribution >= 0.6 is 0 Å². The number of amides is 1. The molecule has 2 aliphatic rings. The standard InChI is InChI=1S/C14H23F3N2O/c1-9(2)11-13(20)19(8-7-14(15,16)17)12(18-11)10-5-3-4-6-10/h9-12,18H,3-8H2,1-2H3. The van der Waals surface area contributed by atoms with Gasteiger partial charge in [-0.2, -0.15) is 13.2 Å². The van der Waals surface area contributed by atoms with Crippen molar-refractivity contribution in [2.75, 3.05) is 6.54 Å². The van der Waals surface area contributed by atoms with Crippen LogP contribution in [0.15, 0.2) is 0 Å². The van der Waals surface area contributed by atoms with Gasteiger partial charge in [-0.25, -0.2) is 0 Å². The van der Waals surface area contributed by atoms with Crippen LogP contribution in [-0.2, 0) is 4.79 Å². The van der Waals surface area contributed by atoms with E-state index in [1.807, 2.05) is 13.8 Å². The third-order valence-electron chi connectivity index (χ3n) is 4.38. The second-order valence-corrected chi connectivity index (χ2v) is 6.27. The van der Waals surface area contributed by atoms with E-state index < -0.39 is 12.6 Å². The number of rotatable bonds is 4. The van der Waals surface area contributed by atoms with Crippen molar-refractivity contribution in [1.82, 2.24) is 10.2 Å². The van der Waals surface area contributed by atoms with Crippen molar-refractivity contribution in [1.29, 1.82) is 0 Å². The summed E-state index contributed by atoms with van der Waals surface area (Å²) in [5.74, 6) is 0.236. The van der Waals surface area contributed by atoms with Gasteiger partial charge >= 0.3 is 6.18 Å². The number of carbonyl (C=O) groups excluding carboxylic acids is 1. The Morgan fingerprint density at radius 2 is 1.90 bits per heavy atom. The molecule has 1 saturated heterocycles. The average molecular weight is 292 g/mol. The number of hydrogen-bond donors (Lipinski definition) is 1. The maximum absolute atomic E-state index is 12.4. The van der Waals surface area contributed by atoms with E-state index in [1.54, 1.807) is 0 Å². The van der Waals surface area contributed by atoms with E-state index in [-0.39, 0.29) is 30.6 Å². The molecule has 0 aromatic rings. The summed E-state index contributed by atoms with van der Waals surface area (Å²) < 4.78 is 37.3. The van der Waals surface area contributed by atoms with E-state index in [0.29, 0.717) is 5.92 Å². The minimum atomic E-state index is -4.21. The fourth-order valence-corrected chi connectivity index (χ4v) is 3.30. The summed E-state index contributed by atoms with van der Waals surface area (Å²) in [5, 5.41) is 3.28. The molecule has 3 nitrogen and oxygen atoms in total. The minimum Gasteiger partial charge on any atom is -0.325 e. The first kappa shape index (κ1) is 15.6. The summed E-state index contributed by atoms with van der Waals surface area (Å²) in [5.41, 5.74) is 0. The van der Waals surface area contributed by atoms with Gasteiger partial charge in [0.2, 0.25) is 5.91 Å². The summed E-state index contributed by atoms with van der Waals surface area (Å²) in [6.45, 7) is 3.63. The fourth-order valence-electron chi connectivity index (χ4n) is 3.30. The first-order valence-electron chi connectivity index (χ1n) is 7.43. The maximum atomic E-state index is 12.4. The summed E-state index contributed by atoms with van der Waals surface area (Å²) in [6.07, 6.45) is -1.13. The molecule has 0 aromatic carbocycles. The number of nitrogens with zero attached hydrogens (tertiary/aromatic N) is 1. The van der Waals surface area contributed by atoms with Crippen molar-refractivity contribution in [3.63, 3.8) is 0 Å². The third kappa shape index (κ3) is 3.45. The van der Waals surface area contributed by atoms with E-state index in [4.69, 9.17) is 0 Å². The van der Waals surface area contributed by atoms with Crippen molar-refractivity contribution in [2.45, 2.75) is 64.3 Å². The smallest absolute Gasteiger partial charge is 0.325 e. The van der Waals surface area contributed by atoms with Crippen molar-refractivity contribution in [3.05, 3.63) is 0 Å². The maximum Gasteiger partial charge on any atom is 0.390 e. The highest BCUT2D eigenvalue weighted by Gasteiger charge is 2.45. The van der Waals surface area contributed by atoms with Crippen LogP contribution in [0.1, 0.15) is 46.0 Å². The lowest BCUT2D eigenvalue weighted by molar-refractivity contribution is -0.146. The molecule has 0 radical (unpaired) electrons. The lowest BCUT2D eigenvalue weighted by Gasteiger charge is -2.29. The Morgan fingerprint density at radius 3 is 2.40 bits per heavy atom. The summed E-state index contributed by atoms with van der Waals surface area (Å²) in [4.78, 5) is 13.8. The molecule has 0 aromatic heterocycles. The molecule has 2 unspecified atom stereocenters. The van der Waals surface area contributed by atoms with E-state index in [0.717, 1.165) is 25.7 Å². The predicted octanol–water partition coefficient (Wildman–Crippen LogP) is 2.91. The number of halogens is 3. The summed E-state index contributed by atoms with van der Waals surface area (Å²) in [6, 6.07) is -0.339. The predicted molar refractivity (Wildman–Crippen MR) is 69.9 cm³/mol. The van der Waals surface area contributed by atoms with E-state index in [9.17, 15) is 18.0 Å². The van der Waals surface area contributed by atoms with Crippen LogP contribution in [0.3, 0.4) is 0 Å². The first-order chi connectivity index (χ1) is 9.29. The Labute approximate surface area is 117 Å². The van der Waals surface area contributed by atoms with Crippen molar-refractivity contribution in [3.8, 4) is 0 Å². The molecule has 116 valence electrons. The summed E-state index contributed by atoms with van der Waals surface area (Å²) >= 11 is 0. The van der Waals surface area contributed by atoms with Crippen LogP contribution in [0.25, 0.3) is 0 Å². The fraction of sp³-hybridized carbons (Fsp3) is 0.929. The van der Waals surface area contributed by atoms with E-state index in [2.05, 4.69) is 5.32 Å². The highest BCUT2D eigenvalue weighted by atomic mass is 19.4. The second kappa shape index (κ2) is 5.92. The molecule has 1 N–H and O–H groups in total. The Morgan fingerprint density at radius 1 is 1.30 bits per heavy atom. The van der Waals surface area contributed by atoms with Gasteiger partial charge in [-0.05, 0) is 24.7 Å². The highest BCUT2D eigenvalue weighted by molar-refractivity contribution is 5.84. The molecule has 2 atom stereocenters. The van der Waals surface area contributed by atoms with Crippen LogP contribution in [0.2, 0.25) is 0 Å². The molecule has 1 saturated carbocycles. The number of hydrogen-bond acceptors (Lipinski definition) is 2. The normalized spacial score (nSPS) is 28.9. The molecule has 6 heteroatoms. The van der Waals surface area contributed by atoms with Gasteiger partial charge in [-0.1, -0.05) is 26.7 Å². The molecule has 0 bridgehead atoms. The number of alkyl halides is 3. The Kier molecular flexibility index (Phi) is 4.62. The third-order valence-corrected chi connectivity index (χ3v) is 4.38. The van der Waals surface area contributed by atoms with Crippen molar-refractivity contribution in [2.24, 2.45) is 11.8 Å². The average Bonchev–Trinajstić information content (AvgIpc) is 2.92. The largest absolute Gasteiger partial charge is 0.390 e. The van der Waals surface area contributed by atoms with Crippen molar-refractivity contribution >= 4 is 5.91 Å². The minimum absolute atomic E-state index is 0.0993. The Hall–Kier alpha value is -0.780. The van der Waals surface area contributed by atoms with Gasteiger partial charge in [0.15, 0.2) is 0 Å². The second-order valence-electron chi connectivity index (χ2n) is 6.27. The zero-order chi connectivity index (χ0) is 14.9. The first-order valence-corrected chi connectivity index (χ1v) is 7.43. The molecule has 20 heavy (non-hydrogen) atoms. The molecule has 2 rings (SSSR count). The molecule has 2 fully saturated rings. The molecular formula is C14H23F3N2O. The quantitative estimate of drug-likeness (QED) is 0.864.